The van der Waals surface area contributed by atoms with E-state index >= 15 is 0 Å². The number of amides is 1. The minimum Gasteiger partial charge on any atom is -0.388 e. The van der Waals surface area contributed by atoms with E-state index in [9.17, 15) is 25.4 Å². The predicted molar refractivity (Wildman–Crippen MR) is 149 cm³/mol. The van der Waals surface area contributed by atoms with E-state index in [2.05, 4.69) is 38.7 Å². The average Bonchev–Trinajstić information content (AvgIpc) is 3.46. The van der Waals surface area contributed by atoms with Gasteiger partial charge >= 0.3 is 0 Å². The third-order valence-electron chi connectivity index (χ3n) is 7.53. The van der Waals surface area contributed by atoms with Gasteiger partial charge in [-0.1, -0.05) is 23.4 Å². The molecule has 5 rings (SSSR count). The molecule has 0 aliphatic carbocycles. The van der Waals surface area contributed by atoms with E-state index in [0.29, 0.717) is 5.69 Å². The van der Waals surface area contributed by atoms with E-state index in [-0.39, 0.29) is 18.7 Å². The van der Waals surface area contributed by atoms with Crippen molar-refractivity contribution >= 4 is 28.4 Å². The maximum absolute atomic E-state index is 12.8. The maximum Gasteiger partial charge on any atom is 0.262 e. The number of anilines is 1. The van der Waals surface area contributed by atoms with Gasteiger partial charge in [0.1, 0.15) is 41.8 Å². The fourth-order valence-corrected chi connectivity index (χ4v) is 5.23. The Hall–Kier alpha value is -3.86. The van der Waals surface area contributed by atoms with Gasteiger partial charge in [-0.3, -0.25) is 4.79 Å². The molecule has 0 bridgehead atoms. The van der Waals surface area contributed by atoms with Crippen LogP contribution in [0.5, 0.6) is 0 Å². The lowest BCUT2D eigenvalue weighted by atomic mass is 9.99. The third-order valence-corrected chi connectivity index (χ3v) is 7.53. The van der Waals surface area contributed by atoms with Crippen molar-refractivity contribution in [3.05, 3.63) is 59.4 Å². The number of nitriles is 1. The maximum atomic E-state index is 12.8. The van der Waals surface area contributed by atoms with Crippen molar-refractivity contribution in [1.29, 1.82) is 5.26 Å². The monoisotopic (exact) mass is 562 g/mol. The SMILES string of the molecule is CO[C@H]1O[C@H](Cn2cc(CNC(=O)C(C#N)=Cc3ccc4cc(N5CCCCC5)ccc4c3)nn2)[C@@H](O)[C@H](O)[C@H]1O. The van der Waals surface area contributed by atoms with E-state index in [1.165, 1.54) is 36.7 Å². The number of rotatable bonds is 8. The number of aromatic nitrogens is 3. The number of carbonyl (C=O) groups is 1. The fraction of sp³-hybridized carbons (Fsp3) is 0.448. The van der Waals surface area contributed by atoms with Crippen LogP contribution in [-0.4, -0.2) is 87.1 Å². The summed E-state index contributed by atoms with van der Waals surface area (Å²) in [4.78, 5) is 15.2. The van der Waals surface area contributed by atoms with Gasteiger partial charge in [-0.2, -0.15) is 5.26 Å². The summed E-state index contributed by atoms with van der Waals surface area (Å²) >= 11 is 0. The van der Waals surface area contributed by atoms with Gasteiger partial charge in [0.15, 0.2) is 6.29 Å². The fourth-order valence-electron chi connectivity index (χ4n) is 5.23. The third kappa shape index (κ3) is 6.56. The Labute approximate surface area is 237 Å². The summed E-state index contributed by atoms with van der Waals surface area (Å²) in [6.45, 7) is 2.19. The number of carbonyl (C=O) groups excluding carboxylic acids is 1. The Morgan fingerprint density at radius 3 is 2.63 bits per heavy atom. The van der Waals surface area contributed by atoms with Gasteiger partial charge in [0, 0.05) is 25.9 Å². The molecule has 2 aliphatic rings. The molecule has 2 saturated heterocycles. The van der Waals surface area contributed by atoms with Crippen molar-refractivity contribution in [1.82, 2.24) is 20.3 Å². The van der Waals surface area contributed by atoms with Gasteiger partial charge in [-0.15, -0.1) is 5.10 Å². The molecule has 12 heteroatoms. The summed E-state index contributed by atoms with van der Waals surface area (Å²) < 4.78 is 11.9. The van der Waals surface area contributed by atoms with Crippen LogP contribution in [0.1, 0.15) is 30.5 Å². The number of nitrogens with one attached hydrogen (secondary N) is 1. The number of hydrogen-bond acceptors (Lipinski definition) is 10. The Morgan fingerprint density at radius 2 is 1.88 bits per heavy atom. The summed E-state index contributed by atoms with van der Waals surface area (Å²) in [6, 6.07) is 14.2. The van der Waals surface area contributed by atoms with Gasteiger partial charge in [0.05, 0.1) is 19.3 Å². The minimum absolute atomic E-state index is 0.0188. The molecule has 5 atom stereocenters. The highest BCUT2D eigenvalue weighted by Crippen LogP contribution is 2.26. The van der Waals surface area contributed by atoms with Gasteiger partial charge in [0.2, 0.25) is 0 Å². The van der Waals surface area contributed by atoms with Crippen molar-refractivity contribution in [2.45, 2.75) is 63.1 Å². The van der Waals surface area contributed by atoms with Crippen LogP contribution >= 0.6 is 0 Å². The number of fused-ring (bicyclic) bond motifs is 1. The highest BCUT2D eigenvalue weighted by molar-refractivity contribution is 6.02. The number of aliphatic hydroxyl groups excluding tert-OH is 3. The average molecular weight is 563 g/mol. The lowest BCUT2D eigenvalue weighted by Crippen LogP contribution is -2.58. The topological polar surface area (TPSA) is 166 Å². The van der Waals surface area contributed by atoms with Crippen LogP contribution in [0.15, 0.2) is 48.2 Å². The first-order valence-corrected chi connectivity index (χ1v) is 13.7. The standard InChI is InChI=1S/C29H34N6O6/c1-40-29-27(38)26(37)25(36)24(41-29)17-35-16-22(32-33-35)15-31-28(39)21(14-30)12-18-5-6-20-13-23(8-7-19(20)11-18)34-9-3-2-4-10-34/h5-8,11-13,16,24-27,29,36-38H,2-4,9-10,15,17H2,1H3,(H,31,39)/t24-,25-,26+,27-,29+/m1/s1. The molecule has 3 heterocycles. The predicted octanol–water partition coefficient (Wildman–Crippen LogP) is 1.10. The molecule has 0 saturated carbocycles. The zero-order chi connectivity index (χ0) is 28.9. The Bertz CT molecular complexity index is 1440. The van der Waals surface area contributed by atoms with Crippen LogP contribution in [0.3, 0.4) is 0 Å². The minimum atomic E-state index is -1.45. The van der Waals surface area contributed by atoms with Crippen molar-refractivity contribution in [3.8, 4) is 6.07 Å². The quantitative estimate of drug-likeness (QED) is 0.231. The van der Waals surface area contributed by atoms with E-state index in [1.807, 2.05) is 24.3 Å². The number of aliphatic hydroxyl groups is 3. The van der Waals surface area contributed by atoms with Gasteiger partial charge < -0.3 is 35.0 Å². The van der Waals surface area contributed by atoms with Gasteiger partial charge in [-0.05, 0) is 59.9 Å². The normalized spacial score (nSPS) is 25.2. The Balaban J connectivity index is 1.19. The molecule has 3 aromatic rings. The molecule has 2 fully saturated rings. The van der Waals surface area contributed by atoms with Gasteiger partial charge in [-0.25, -0.2) is 4.68 Å². The molecule has 0 spiro atoms. The van der Waals surface area contributed by atoms with E-state index in [4.69, 9.17) is 9.47 Å². The second kappa shape index (κ2) is 12.8. The van der Waals surface area contributed by atoms with Crippen molar-refractivity contribution in [2.24, 2.45) is 0 Å². The molecule has 1 aromatic heterocycles. The summed E-state index contributed by atoms with van der Waals surface area (Å²) in [6.07, 6.45) is 0.604. The molecule has 0 unspecified atom stereocenters. The van der Waals surface area contributed by atoms with E-state index in [1.54, 1.807) is 12.3 Å². The van der Waals surface area contributed by atoms with Crippen LogP contribution in [0, 0.1) is 11.3 Å². The summed E-state index contributed by atoms with van der Waals surface area (Å²) in [5, 5.41) is 52.6. The molecular weight excluding hydrogens is 528 g/mol. The second-order valence-electron chi connectivity index (χ2n) is 10.4. The number of ether oxygens (including phenoxy) is 2. The molecule has 0 radical (unpaired) electrons. The molecule has 2 aromatic carbocycles. The van der Waals surface area contributed by atoms with Crippen molar-refractivity contribution in [3.63, 3.8) is 0 Å². The number of nitrogens with zero attached hydrogens (tertiary/aromatic N) is 5. The molecule has 1 amide bonds. The first-order chi connectivity index (χ1) is 19.9. The van der Waals surface area contributed by atoms with Crippen LogP contribution in [0.25, 0.3) is 16.8 Å². The van der Waals surface area contributed by atoms with Crippen LogP contribution in [0.4, 0.5) is 5.69 Å². The Kier molecular flexibility index (Phi) is 8.92. The summed E-state index contributed by atoms with van der Waals surface area (Å²) in [5.74, 6) is -0.548. The first-order valence-electron chi connectivity index (χ1n) is 13.7. The van der Waals surface area contributed by atoms with E-state index < -0.39 is 36.6 Å². The summed E-state index contributed by atoms with van der Waals surface area (Å²) in [5.41, 5.74) is 2.33. The highest BCUT2D eigenvalue weighted by Gasteiger charge is 2.44. The molecule has 216 valence electrons. The van der Waals surface area contributed by atoms with Crippen LogP contribution in [-0.2, 0) is 27.4 Å². The number of piperidine rings is 1. The molecule has 4 N–H and O–H groups in total. The molecular formula is C29H34N6O6. The zero-order valence-electron chi connectivity index (χ0n) is 22.8. The lowest BCUT2D eigenvalue weighted by Gasteiger charge is -2.39. The first kappa shape index (κ1) is 28.7. The number of benzene rings is 2. The molecule has 12 nitrogen and oxygen atoms in total. The smallest absolute Gasteiger partial charge is 0.262 e. The highest BCUT2D eigenvalue weighted by atomic mass is 16.7. The number of hydrogen-bond donors (Lipinski definition) is 4. The molecule has 41 heavy (non-hydrogen) atoms. The van der Waals surface area contributed by atoms with Crippen molar-refractivity contribution < 1.29 is 29.6 Å². The molecule has 2 aliphatic heterocycles. The van der Waals surface area contributed by atoms with Crippen LogP contribution < -0.4 is 10.2 Å². The number of methoxy groups -OCH3 is 1. The zero-order valence-corrected chi connectivity index (χ0v) is 22.8. The second-order valence-corrected chi connectivity index (χ2v) is 10.4. The van der Waals surface area contributed by atoms with E-state index in [0.717, 1.165) is 29.4 Å². The van der Waals surface area contributed by atoms with Crippen LogP contribution in [0.2, 0.25) is 0 Å². The Morgan fingerprint density at radius 1 is 1.12 bits per heavy atom. The summed E-state index contributed by atoms with van der Waals surface area (Å²) in [7, 11) is 1.32. The van der Waals surface area contributed by atoms with Gasteiger partial charge in [0.25, 0.3) is 5.91 Å². The van der Waals surface area contributed by atoms with Crippen molar-refractivity contribution in [2.75, 3.05) is 25.1 Å². The lowest BCUT2D eigenvalue weighted by molar-refractivity contribution is -0.292. The largest absolute Gasteiger partial charge is 0.388 e.